The van der Waals surface area contributed by atoms with Crippen molar-refractivity contribution in [1.29, 1.82) is 0 Å². The minimum Gasteiger partial charge on any atom is -0.463 e. The Balaban J connectivity index is 1.71. The van der Waals surface area contributed by atoms with Gasteiger partial charge in [-0.3, -0.25) is 9.48 Å². The Morgan fingerprint density at radius 1 is 1.19 bits per heavy atom. The van der Waals surface area contributed by atoms with E-state index in [4.69, 9.17) is 4.74 Å². The first-order valence-electron chi connectivity index (χ1n) is 8.50. The van der Waals surface area contributed by atoms with Gasteiger partial charge in [0.05, 0.1) is 12.8 Å². The van der Waals surface area contributed by atoms with Gasteiger partial charge in [0, 0.05) is 31.2 Å². The zero-order valence-electron chi connectivity index (χ0n) is 15.1. The second kappa shape index (κ2) is 8.18. The van der Waals surface area contributed by atoms with Crippen molar-refractivity contribution >= 4 is 23.6 Å². The summed E-state index contributed by atoms with van der Waals surface area (Å²) in [7, 11) is 1.79. The number of aryl methyl sites for hydroxylation is 1. The van der Waals surface area contributed by atoms with E-state index in [1.54, 1.807) is 55.2 Å². The highest BCUT2D eigenvalue weighted by molar-refractivity contribution is 6.06. The van der Waals surface area contributed by atoms with Gasteiger partial charge in [0.15, 0.2) is 0 Å². The summed E-state index contributed by atoms with van der Waals surface area (Å²) >= 11 is 0. The van der Waals surface area contributed by atoms with E-state index in [-0.39, 0.29) is 11.9 Å². The lowest BCUT2D eigenvalue weighted by Crippen LogP contribution is -2.14. The van der Waals surface area contributed by atoms with Crippen LogP contribution in [0.4, 0.5) is 5.69 Å². The topological polar surface area (TPSA) is 78.2 Å². The molecule has 0 unspecified atom stereocenters. The first-order chi connectivity index (χ1) is 13.1. The highest BCUT2D eigenvalue weighted by atomic mass is 16.5. The van der Waals surface area contributed by atoms with Gasteiger partial charge in [-0.15, -0.1) is 0 Å². The van der Waals surface area contributed by atoms with Crippen molar-refractivity contribution < 1.29 is 14.3 Å². The van der Waals surface area contributed by atoms with E-state index in [0.717, 1.165) is 5.56 Å². The molecule has 0 aliphatic heterocycles. The Kier molecular flexibility index (Phi) is 5.51. The molecule has 0 aliphatic rings. The predicted molar refractivity (Wildman–Crippen MR) is 103 cm³/mol. The van der Waals surface area contributed by atoms with Crippen LogP contribution in [0.2, 0.25) is 0 Å². The molecule has 2 aromatic heterocycles. The third-order valence-corrected chi connectivity index (χ3v) is 3.87. The number of benzene rings is 1. The number of amides is 1. The van der Waals surface area contributed by atoms with Crippen LogP contribution in [0.3, 0.4) is 0 Å². The van der Waals surface area contributed by atoms with Crippen LogP contribution < -0.4 is 5.32 Å². The van der Waals surface area contributed by atoms with Crippen LogP contribution in [0, 0.1) is 0 Å². The van der Waals surface area contributed by atoms with Gasteiger partial charge in [0.1, 0.15) is 11.4 Å². The number of nitrogens with zero attached hydrogens (tertiary/aromatic N) is 3. The van der Waals surface area contributed by atoms with Crippen LogP contribution in [0.1, 0.15) is 22.8 Å². The fourth-order valence-electron chi connectivity index (χ4n) is 2.60. The molecule has 0 atom stereocenters. The molecule has 7 nitrogen and oxygen atoms in total. The maximum atomic E-state index is 12.7. The largest absolute Gasteiger partial charge is 0.463 e. The fourth-order valence-corrected chi connectivity index (χ4v) is 2.60. The summed E-state index contributed by atoms with van der Waals surface area (Å²) in [5, 5.41) is 7.05. The smallest absolute Gasteiger partial charge is 0.330 e. The van der Waals surface area contributed by atoms with E-state index in [1.165, 1.54) is 6.08 Å². The van der Waals surface area contributed by atoms with Gasteiger partial charge in [0.25, 0.3) is 5.91 Å². The summed E-state index contributed by atoms with van der Waals surface area (Å²) in [5.74, 6) is 0.0529. The maximum absolute atomic E-state index is 12.7. The standard InChI is InChI=1S/C20H20N4O3/c1-3-27-18(25)11-8-15-6-9-16(10-7-15)22-19(26)17-14-21-23(2)20(17)24-12-4-5-13-24/h4-14H,3H2,1-2H3,(H,22,26)/b11-8+. The molecule has 1 N–H and O–H groups in total. The SMILES string of the molecule is CCOC(=O)/C=C/c1ccc(NC(=O)c2cnn(C)c2-n2cccc2)cc1. The molecule has 7 heteroatoms. The summed E-state index contributed by atoms with van der Waals surface area (Å²) in [6, 6.07) is 10.9. The van der Waals surface area contributed by atoms with E-state index >= 15 is 0 Å². The van der Waals surface area contributed by atoms with E-state index in [1.807, 2.05) is 29.1 Å². The van der Waals surface area contributed by atoms with Gasteiger partial charge in [0.2, 0.25) is 0 Å². The molecule has 1 amide bonds. The van der Waals surface area contributed by atoms with Crippen molar-refractivity contribution in [2.75, 3.05) is 11.9 Å². The summed E-state index contributed by atoms with van der Waals surface area (Å²) < 4.78 is 8.33. The van der Waals surface area contributed by atoms with Crippen LogP contribution in [0.25, 0.3) is 11.9 Å². The highest BCUT2D eigenvalue weighted by Gasteiger charge is 2.17. The van der Waals surface area contributed by atoms with Gasteiger partial charge >= 0.3 is 5.97 Å². The first kappa shape index (κ1) is 18.2. The fraction of sp³-hybridized carbons (Fsp3) is 0.150. The Labute approximate surface area is 156 Å². The van der Waals surface area contributed by atoms with Gasteiger partial charge in [-0.2, -0.15) is 5.10 Å². The Morgan fingerprint density at radius 2 is 1.89 bits per heavy atom. The molecule has 0 fully saturated rings. The van der Waals surface area contributed by atoms with Crippen LogP contribution in [-0.4, -0.2) is 32.8 Å². The van der Waals surface area contributed by atoms with Crippen molar-refractivity contribution in [3.8, 4) is 5.82 Å². The zero-order valence-corrected chi connectivity index (χ0v) is 15.1. The second-order valence-corrected chi connectivity index (χ2v) is 5.76. The molecule has 2 heterocycles. The zero-order chi connectivity index (χ0) is 19.2. The molecule has 0 radical (unpaired) electrons. The molecule has 0 bridgehead atoms. The lowest BCUT2D eigenvalue weighted by atomic mass is 10.2. The summed E-state index contributed by atoms with van der Waals surface area (Å²) in [4.78, 5) is 24.0. The minimum atomic E-state index is -0.385. The molecule has 0 spiro atoms. The average molecular weight is 364 g/mol. The molecule has 3 rings (SSSR count). The number of carbonyl (C=O) groups is 2. The third kappa shape index (κ3) is 4.33. The van der Waals surface area contributed by atoms with Gasteiger partial charge in [-0.25, -0.2) is 4.79 Å². The number of anilines is 1. The third-order valence-electron chi connectivity index (χ3n) is 3.87. The molecule has 0 saturated heterocycles. The molecule has 138 valence electrons. The average Bonchev–Trinajstić information content (AvgIpc) is 3.30. The molecule has 3 aromatic rings. The summed E-state index contributed by atoms with van der Waals surface area (Å²) in [6.45, 7) is 2.10. The van der Waals surface area contributed by atoms with E-state index in [9.17, 15) is 9.59 Å². The van der Waals surface area contributed by atoms with Crippen molar-refractivity contribution in [1.82, 2.24) is 14.3 Å². The molecule has 0 saturated carbocycles. The number of esters is 1. The normalized spacial score (nSPS) is 10.9. The van der Waals surface area contributed by atoms with Crippen LogP contribution in [0.15, 0.2) is 61.1 Å². The number of hydrogen-bond donors (Lipinski definition) is 1. The van der Waals surface area contributed by atoms with Gasteiger partial charge in [-0.1, -0.05) is 12.1 Å². The van der Waals surface area contributed by atoms with Crippen LogP contribution in [0.5, 0.6) is 0 Å². The van der Waals surface area contributed by atoms with Crippen molar-refractivity contribution in [3.05, 3.63) is 72.2 Å². The number of carbonyl (C=O) groups excluding carboxylic acids is 2. The predicted octanol–water partition coefficient (Wildman–Crippen LogP) is 3.04. The van der Waals surface area contributed by atoms with Gasteiger partial charge < -0.3 is 14.6 Å². The van der Waals surface area contributed by atoms with Crippen molar-refractivity contribution in [2.45, 2.75) is 6.92 Å². The number of rotatable bonds is 6. The van der Waals surface area contributed by atoms with E-state index < -0.39 is 0 Å². The minimum absolute atomic E-state index is 0.249. The molecule has 0 aliphatic carbocycles. The number of ether oxygens (including phenoxy) is 1. The van der Waals surface area contributed by atoms with E-state index in [0.29, 0.717) is 23.7 Å². The Hall–Kier alpha value is -3.61. The number of hydrogen-bond acceptors (Lipinski definition) is 4. The van der Waals surface area contributed by atoms with Gasteiger partial charge in [-0.05, 0) is 42.8 Å². The molecule has 1 aromatic carbocycles. The van der Waals surface area contributed by atoms with Crippen LogP contribution >= 0.6 is 0 Å². The van der Waals surface area contributed by atoms with Crippen molar-refractivity contribution in [2.24, 2.45) is 7.05 Å². The molecular formula is C20H20N4O3. The summed E-state index contributed by atoms with van der Waals surface area (Å²) in [5.41, 5.74) is 1.95. The maximum Gasteiger partial charge on any atom is 0.330 e. The summed E-state index contributed by atoms with van der Waals surface area (Å²) in [6.07, 6.45) is 8.29. The van der Waals surface area contributed by atoms with Crippen molar-refractivity contribution in [3.63, 3.8) is 0 Å². The second-order valence-electron chi connectivity index (χ2n) is 5.76. The number of nitrogens with one attached hydrogen (secondary N) is 1. The first-order valence-corrected chi connectivity index (χ1v) is 8.50. The van der Waals surface area contributed by atoms with Crippen LogP contribution in [-0.2, 0) is 16.6 Å². The quantitative estimate of drug-likeness (QED) is 0.539. The Morgan fingerprint density at radius 3 is 2.56 bits per heavy atom. The monoisotopic (exact) mass is 364 g/mol. The highest BCUT2D eigenvalue weighted by Crippen LogP contribution is 2.17. The number of aromatic nitrogens is 3. The Bertz CT molecular complexity index is 954. The molecule has 27 heavy (non-hydrogen) atoms. The lowest BCUT2D eigenvalue weighted by Gasteiger charge is -2.08. The van der Waals surface area contributed by atoms with E-state index in [2.05, 4.69) is 10.4 Å². The lowest BCUT2D eigenvalue weighted by molar-refractivity contribution is -0.137. The molecular weight excluding hydrogens is 344 g/mol.